The van der Waals surface area contributed by atoms with Gasteiger partial charge in [0.05, 0.1) is 11.4 Å². The molecular weight excluding hydrogens is 368 g/mol. The number of hydrogen-bond acceptors (Lipinski definition) is 3. The number of rotatable bonds is 3. The van der Waals surface area contributed by atoms with Gasteiger partial charge in [-0.1, -0.05) is 74.0 Å². The van der Waals surface area contributed by atoms with Crippen molar-refractivity contribution in [1.29, 1.82) is 0 Å². The Morgan fingerprint density at radius 2 is 1.47 bits per heavy atom. The molecule has 0 amide bonds. The van der Waals surface area contributed by atoms with E-state index in [0.717, 1.165) is 47.1 Å². The number of aryl methyl sites for hydroxylation is 1. The van der Waals surface area contributed by atoms with Crippen molar-refractivity contribution in [3.05, 3.63) is 72.3 Å². The molecule has 0 saturated carbocycles. The number of benzene rings is 2. The molecule has 5 rings (SSSR count). The molecule has 2 aromatic carbocycles. The van der Waals surface area contributed by atoms with Crippen LogP contribution in [0.25, 0.3) is 28.2 Å². The van der Waals surface area contributed by atoms with Crippen molar-refractivity contribution in [3.8, 4) is 22.5 Å². The van der Waals surface area contributed by atoms with Crippen molar-refractivity contribution in [3.63, 3.8) is 0 Å². The van der Waals surface area contributed by atoms with Crippen molar-refractivity contribution >= 4 is 11.5 Å². The summed E-state index contributed by atoms with van der Waals surface area (Å²) in [5.41, 5.74) is 6.37. The van der Waals surface area contributed by atoms with Crippen molar-refractivity contribution in [2.45, 2.75) is 27.2 Å². The molecule has 0 spiro atoms. The largest absolute Gasteiger partial charge is 0.356 e. The Kier molecular flexibility index (Phi) is 4.78. The lowest BCUT2D eigenvalue weighted by atomic mass is 9.92. The number of piperidine rings is 1. The van der Waals surface area contributed by atoms with Gasteiger partial charge in [-0.25, -0.2) is 4.98 Å². The molecule has 3 heterocycles. The summed E-state index contributed by atoms with van der Waals surface area (Å²) in [7, 11) is 0. The minimum Gasteiger partial charge on any atom is -0.356 e. The molecular formula is C26H28N4. The summed E-state index contributed by atoms with van der Waals surface area (Å²) in [6.45, 7) is 8.91. The summed E-state index contributed by atoms with van der Waals surface area (Å²) in [5, 5.41) is 4.99. The van der Waals surface area contributed by atoms with E-state index in [1.807, 2.05) is 10.6 Å². The van der Waals surface area contributed by atoms with Gasteiger partial charge in [0.25, 0.3) is 0 Å². The number of aromatic nitrogens is 3. The average Bonchev–Trinajstić information content (AvgIpc) is 3.17. The fourth-order valence-corrected chi connectivity index (χ4v) is 4.66. The van der Waals surface area contributed by atoms with E-state index in [2.05, 4.69) is 86.3 Å². The van der Waals surface area contributed by atoms with Crippen LogP contribution in [0.2, 0.25) is 0 Å². The third kappa shape index (κ3) is 3.58. The topological polar surface area (TPSA) is 33.4 Å². The van der Waals surface area contributed by atoms with Gasteiger partial charge in [0, 0.05) is 36.3 Å². The lowest BCUT2D eigenvalue weighted by Crippen LogP contribution is -2.39. The van der Waals surface area contributed by atoms with Gasteiger partial charge in [-0.05, 0) is 25.2 Å². The Morgan fingerprint density at radius 3 is 2.17 bits per heavy atom. The number of nitrogens with zero attached hydrogens (tertiary/aromatic N) is 4. The number of hydrogen-bond donors (Lipinski definition) is 0. The Bertz CT molecular complexity index is 1150. The smallest absolute Gasteiger partial charge is 0.158 e. The zero-order valence-corrected chi connectivity index (χ0v) is 17.9. The molecule has 4 heteroatoms. The first kappa shape index (κ1) is 18.9. The van der Waals surface area contributed by atoms with Gasteiger partial charge in [-0.15, -0.1) is 0 Å². The summed E-state index contributed by atoms with van der Waals surface area (Å²) in [6, 6.07) is 23.3. The van der Waals surface area contributed by atoms with Crippen LogP contribution in [0.1, 0.15) is 25.8 Å². The van der Waals surface area contributed by atoms with E-state index >= 15 is 0 Å². The maximum atomic E-state index is 4.99. The highest BCUT2D eigenvalue weighted by Gasteiger charge is 2.25. The van der Waals surface area contributed by atoms with Crippen LogP contribution in [-0.4, -0.2) is 27.7 Å². The van der Waals surface area contributed by atoms with E-state index < -0.39 is 0 Å². The van der Waals surface area contributed by atoms with Gasteiger partial charge < -0.3 is 4.90 Å². The van der Waals surface area contributed by atoms with Gasteiger partial charge in [0.2, 0.25) is 0 Å². The predicted octanol–water partition coefficient (Wildman–Crippen LogP) is 5.85. The molecule has 0 bridgehead atoms. The average molecular weight is 397 g/mol. The molecule has 0 unspecified atom stereocenters. The van der Waals surface area contributed by atoms with Crippen molar-refractivity contribution in [2.24, 2.45) is 11.8 Å². The van der Waals surface area contributed by atoms with Crippen LogP contribution in [0.4, 0.5) is 5.82 Å². The Hall–Kier alpha value is -3.14. The molecule has 0 aliphatic carbocycles. The van der Waals surface area contributed by atoms with Crippen molar-refractivity contribution in [2.75, 3.05) is 18.0 Å². The molecule has 0 radical (unpaired) electrons. The zero-order valence-electron chi connectivity index (χ0n) is 17.9. The van der Waals surface area contributed by atoms with Gasteiger partial charge in [-0.3, -0.25) is 0 Å². The highest BCUT2D eigenvalue weighted by atomic mass is 15.4. The summed E-state index contributed by atoms with van der Waals surface area (Å²) < 4.78 is 2.03. The highest BCUT2D eigenvalue weighted by molar-refractivity contribution is 5.71. The van der Waals surface area contributed by atoms with E-state index in [1.165, 1.54) is 12.0 Å². The van der Waals surface area contributed by atoms with E-state index in [1.54, 1.807) is 0 Å². The Labute approximate surface area is 178 Å². The van der Waals surface area contributed by atoms with Crippen LogP contribution in [0, 0.1) is 18.8 Å². The van der Waals surface area contributed by atoms with E-state index in [9.17, 15) is 0 Å². The normalized spacial score (nSPS) is 19.4. The minimum absolute atomic E-state index is 0.671. The lowest BCUT2D eigenvalue weighted by molar-refractivity contribution is 0.354. The Balaban J connectivity index is 1.67. The quantitative estimate of drug-likeness (QED) is 0.435. The van der Waals surface area contributed by atoms with E-state index in [-0.39, 0.29) is 0 Å². The van der Waals surface area contributed by atoms with Crippen LogP contribution >= 0.6 is 0 Å². The molecule has 2 aromatic heterocycles. The summed E-state index contributed by atoms with van der Waals surface area (Å²) in [5.74, 6) is 2.48. The van der Waals surface area contributed by atoms with E-state index in [4.69, 9.17) is 10.1 Å². The Morgan fingerprint density at radius 1 is 0.800 bits per heavy atom. The molecule has 0 N–H and O–H groups in total. The highest BCUT2D eigenvalue weighted by Crippen LogP contribution is 2.31. The van der Waals surface area contributed by atoms with Crippen LogP contribution in [0.5, 0.6) is 0 Å². The fourth-order valence-electron chi connectivity index (χ4n) is 4.66. The second-order valence-corrected chi connectivity index (χ2v) is 8.88. The predicted molar refractivity (Wildman–Crippen MR) is 124 cm³/mol. The monoisotopic (exact) mass is 396 g/mol. The molecule has 4 aromatic rings. The van der Waals surface area contributed by atoms with Crippen LogP contribution in [0.3, 0.4) is 0 Å². The fraction of sp³-hybridized carbons (Fsp3) is 0.308. The van der Waals surface area contributed by atoms with Gasteiger partial charge in [0.15, 0.2) is 5.65 Å². The van der Waals surface area contributed by atoms with Gasteiger partial charge in [0.1, 0.15) is 5.82 Å². The molecule has 2 atom stereocenters. The first-order chi connectivity index (χ1) is 14.6. The summed E-state index contributed by atoms with van der Waals surface area (Å²) in [4.78, 5) is 7.47. The molecule has 4 nitrogen and oxygen atoms in total. The van der Waals surface area contributed by atoms with E-state index in [0.29, 0.717) is 11.8 Å². The van der Waals surface area contributed by atoms with Gasteiger partial charge in [-0.2, -0.15) is 9.61 Å². The number of anilines is 1. The minimum atomic E-state index is 0.671. The first-order valence-electron chi connectivity index (χ1n) is 10.8. The maximum absolute atomic E-state index is 4.99. The lowest BCUT2D eigenvalue weighted by Gasteiger charge is -2.36. The van der Waals surface area contributed by atoms with Crippen molar-refractivity contribution in [1.82, 2.24) is 14.6 Å². The molecule has 1 aliphatic rings. The maximum Gasteiger partial charge on any atom is 0.158 e. The SMILES string of the molecule is Cc1ccc(-c2cc3nc(-c4ccccc4)cc(N4C[C@@H](C)C[C@H](C)C4)n3n2)cc1. The molecule has 1 fully saturated rings. The van der Waals surface area contributed by atoms with Crippen LogP contribution in [0.15, 0.2) is 66.7 Å². The zero-order chi connectivity index (χ0) is 20.7. The molecule has 30 heavy (non-hydrogen) atoms. The third-order valence-corrected chi connectivity index (χ3v) is 6.02. The summed E-state index contributed by atoms with van der Waals surface area (Å²) in [6.07, 6.45) is 1.28. The standard InChI is InChI=1S/C26H28N4/c1-18-9-11-22(12-10-18)24-14-25-27-23(21-7-5-4-6-8-21)15-26(30(25)28-24)29-16-19(2)13-20(3)17-29/h4-12,14-15,19-20H,13,16-17H2,1-3H3/t19-,20-/m0/s1. The van der Waals surface area contributed by atoms with Crippen molar-refractivity contribution < 1.29 is 0 Å². The molecule has 1 saturated heterocycles. The van der Waals surface area contributed by atoms with Gasteiger partial charge >= 0.3 is 0 Å². The number of fused-ring (bicyclic) bond motifs is 1. The second kappa shape index (κ2) is 7.60. The first-order valence-corrected chi connectivity index (χ1v) is 10.8. The second-order valence-electron chi connectivity index (χ2n) is 8.88. The van der Waals surface area contributed by atoms with Crippen LogP contribution in [-0.2, 0) is 0 Å². The third-order valence-electron chi connectivity index (χ3n) is 6.02. The summed E-state index contributed by atoms with van der Waals surface area (Å²) >= 11 is 0. The van der Waals surface area contributed by atoms with Crippen LogP contribution < -0.4 is 4.90 Å². The molecule has 1 aliphatic heterocycles. The molecule has 152 valence electrons.